The van der Waals surface area contributed by atoms with Crippen molar-refractivity contribution in [3.63, 3.8) is 0 Å². The van der Waals surface area contributed by atoms with Crippen LogP contribution in [0.5, 0.6) is 0 Å². The van der Waals surface area contributed by atoms with Crippen molar-refractivity contribution in [1.29, 1.82) is 0 Å². The van der Waals surface area contributed by atoms with Gasteiger partial charge in [0.05, 0.1) is 13.2 Å². The first kappa shape index (κ1) is 22.3. The summed E-state index contributed by atoms with van der Waals surface area (Å²) in [5, 5.41) is 2.30. The van der Waals surface area contributed by atoms with E-state index in [2.05, 4.69) is 9.97 Å². The Bertz CT molecular complexity index is 1420. The average Bonchev–Trinajstić information content (AvgIpc) is 3.40. The number of aromatic amines is 1. The van der Waals surface area contributed by atoms with Gasteiger partial charge in [0, 0.05) is 58.9 Å². The van der Waals surface area contributed by atoms with Crippen LogP contribution in [0.25, 0.3) is 21.0 Å². The Morgan fingerprint density at radius 3 is 2.85 bits per heavy atom. The molecule has 1 atom stereocenters. The molecule has 4 aromatic rings. The number of hydrogen-bond donors (Lipinski definition) is 1. The number of sulfonamides is 1. The SMILES string of the molecule is COCC1C(=O)N(Cc2cc3cnccc3[nH]2)CCN1S(=O)(=O)c1cc2ccc(Cl)cc2s1. The number of carbonyl (C=O) groups excluding carboxylic acids is 1. The van der Waals surface area contributed by atoms with Gasteiger partial charge >= 0.3 is 0 Å². The number of carbonyl (C=O) groups is 1. The molecule has 1 amide bonds. The molecule has 1 aliphatic rings. The third-order valence-corrected chi connectivity index (χ3v) is 9.41. The third kappa shape index (κ3) is 4.13. The summed E-state index contributed by atoms with van der Waals surface area (Å²) in [5.41, 5.74) is 1.80. The fraction of sp³-hybridized carbons (Fsp3) is 0.273. The van der Waals surface area contributed by atoms with E-state index in [1.54, 1.807) is 41.6 Å². The van der Waals surface area contributed by atoms with Crippen molar-refractivity contribution in [3.8, 4) is 0 Å². The third-order valence-electron chi connectivity index (χ3n) is 5.72. The molecular formula is C22H21ClN4O4S2. The number of nitrogens with zero attached hydrogens (tertiary/aromatic N) is 3. The number of nitrogens with one attached hydrogen (secondary N) is 1. The van der Waals surface area contributed by atoms with E-state index >= 15 is 0 Å². The van der Waals surface area contributed by atoms with Gasteiger partial charge in [-0.25, -0.2) is 8.42 Å². The predicted molar refractivity (Wildman–Crippen MR) is 128 cm³/mol. The standard InChI is InChI=1S/C22H21ClN4O4S2/c1-31-13-19-22(28)26(12-17-8-15-11-24-5-4-18(15)25-17)6-7-27(19)33(29,30)21-9-14-2-3-16(23)10-20(14)32-21/h2-5,8-11,19,25H,6-7,12-13H2,1H3. The van der Waals surface area contributed by atoms with Crippen LogP contribution in [0.15, 0.2) is 53.0 Å². The summed E-state index contributed by atoms with van der Waals surface area (Å²) in [6.45, 7) is 0.784. The molecule has 11 heteroatoms. The molecule has 172 valence electrons. The second kappa shape index (κ2) is 8.69. The zero-order chi connectivity index (χ0) is 23.2. The fourth-order valence-electron chi connectivity index (χ4n) is 4.12. The van der Waals surface area contributed by atoms with E-state index in [0.717, 1.165) is 38.0 Å². The lowest BCUT2D eigenvalue weighted by Gasteiger charge is -2.39. The maximum absolute atomic E-state index is 13.5. The van der Waals surface area contributed by atoms with Crippen molar-refractivity contribution in [2.45, 2.75) is 16.8 Å². The average molecular weight is 505 g/mol. The maximum Gasteiger partial charge on any atom is 0.253 e. The summed E-state index contributed by atoms with van der Waals surface area (Å²) in [6.07, 6.45) is 3.46. The Hall–Kier alpha value is -2.50. The van der Waals surface area contributed by atoms with Crippen LogP contribution in [-0.4, -0.2) is 66.3 Å². The highest BCUT2D eigenvalue weighted by molar-refractivity contribution is 7.91. The highest BCUT2D eigenvalue weighted by Gasteiger charge is 2.42. The van der Waals surface area contributed by atoms with Crippen molar-refractivity contribution in [1.82, 2.24) is 19.2 Å². The molecule has 0 radical (unpaired) electrons. The Morgan fingerprint density at radius 2 is 2.06 bits per heavy atom. The minimum absolute atomic E-state index is 0.0259. The number of aromatic nitrogens is 2. The summed E-state index contributed by atoms with van der Waals surface area (Å²) in [4.78, 5) is 22.4. The molecule has 4 heterocycles. The molecule has 1 aliphatic heterocycles. The number of benzene rings is 1. The summed E-state index contributed by atoms with van der Waals surface area (Å²) in [5.74, 6) is -0.285. The van der Waals surface area contributed by atoms with Crippen LogP contribution >= 0.6 is 22.9 Å². The van der Waals surface area contributed by atoms with Gasteiger partial charge < -0.3 is 14.6 Å². The number of thiophene rings is 1. The van der Waals surface area contributed by atoms with Crippen LogP contribution in [0.1, 0.15) is 5.69 Å². The molecule has 0 bridgehead atoms. The van der Waals surface area contributed by atoms with Gasteiger partial charge in [0.25, 0.3) is 10.0 Å². The van der Waals surface area contributed by atoms with Gasteiger partial charge in [-0.05, 0) is 35.7 Å². The molecule has 5 rings (SSSR count). The van der Waals surface area contributed by atoms with E-state index < -0.39 is 16.1 Å². The van der Waals surface area contributed by atoms with Crippen molar-refractivity contribution in [2.75, 3.05) is 26.8 Å². The van der Waals surface area contributed by atoms with Crippen LogP contribution in [0.4, 0.5) is 0 Å². The quantitative estimate of drug-likeness (QED) is 0.433. The maximum atomic E-state index is 13.5. The van der Waals surface area contributed by atoms with E-state index in [1.165, 1.54) is 11.4 Å². The number of halogens is 1. The molecule has 33 heavy (non-hydrogen) atoms. The minimum Gasteiger partial charge on any atom is -0.382 e. The molecule has 0 saturated carbocycles. The molecule has 8 nitrogen and oxygen atoms in total. The number of hydrogen-bond acceptors (Lipinski definition) is 6. The number of amides is 1. The lowest BCUT2D eigenvalue weighted by Crippen LogP contribution is -2.59. The smallest absolute Gasteiger partial charge is 0.253 e. The monoisotopic (exact) mass is 504 g/mol. The van der Waals surface area contributed by atoms with Gasteiger partial charge in [-0.15, -0.1) is 11.3 Å². The van der Waals surface area contributed by atoms with E-state index in [4.69, 9.17) is 16.3 Å². The molecule has 0 aliphatic carbocycles. The number of methoxy groups -OCH3 is 1. The fourth-order valence-corrected chi connectivity index (χ4v) is 7.49. The minimum atomic E-state index is -3.89. The number of ether oxygens (including phenoxy) is 1. The Labute approximate surface area is 199 Å². The van der Waals surface area contributed by atoms with Crippen molar-refractivity contribution in [3.05, 3.63) is 59.5 Å². The molecular weight excluding hydrogens is 484 g/mol. The van der Waals surface area contributed by atoms with Crippen LogP contribution in [0.3, 0.4) is 0 Å². The molecule has 1 aromatic carbocycles. The highest BCUT2D eigenvalue weighted by Crippen LogP contribution is 2.34. The molecule has 1 saturated heterocycles. The Morgan fingerprint density at radius 1 is 1.21 bits per heavy atom. The normalized spacial score (nSPS) is 17.9. The Balaban J connectivity index is 1.42. The topological polar surface area (TPSA) is 95.6 Å². The van der Waals surface area contributed by atoms with Gasteiger partial charge in [0.2, 0.25) is 5.91 Å². The zero-order valence-corrected chi connectivity index (χ0v) is 20.1. The number of rotatable bonds is 6. The predicted octanol–water partition coefficient (Wildman–Crippen LogP) is 3.48. The summed E-state index contributed by atoms with van der Waals surface area (Å²) < 4.78 is 34.5. The van der Waals surface area contributed by atoms with Gasteiger partial charge in [0.15, 0.2) is 0 Å². The first-order chi connectivity index (χ1) is 15.9. The van der Waals surface area contributed by atoms with Crippen LogP contribution < -0.4 is 0 Å². The van der Waals surface area contributed by atoms with Gasteiger partial charge in [-0.2, -0.15) is 4.31 Å². The zero-order valence-electron chi connectivity index (χ0n) is 17.7. The largest absolute Gasteiger partial charge is 0.382 e. The summed E-state index contributed by atoms with van der Waals surface area (Å²) in [7, 11) is -2.43. The molecule has 3 aromatic heterocycles. The van der Waals surface area contributed by atoms with Crippen LogP contribution in [-0.2, 0) is 26.1 Å². The molecule has 1 N–H and O–H groups in total. The molecule has 1 unspecified atom stereocenters. The van der Waals surface area contributed by atoms with Crippen molar-refractivity contribution < 1.29 is 17.9 Å². The molecule has 1 fully saturated rings. The highest BCUT2D eigenvalue weighted by atomic mass is 35.5. The van der Waals surface area contributed by atoms with Crippen LogP contribution in [0, 0.1) is 0 Å². The van der Waals surface area contributed by atoms with E-state index in [-0.39, 0.29) is 29.8 Å². The Kier molecular flexibility index (Phi) is 5.87. The lowest BCUT2D eigenvalue weighted by atomic mass is 10.2. The van der Waals surface area contributed by atoms with E-state index in [9.17, 15) is 13.2 Å². The van der Waals surface area contributed by atoms with Gasteiger partial charge in [-0.3, -0.25) is 9.78 Å². The number of pyridine rings is 1. The second-order valence-corrected chi connectivity index (χ2v) is 11.5. The van der Waals surface area contributed by atoms with Gasteiger partial charge in [0.1, 0.15) is 10.3 Å². The summed E-state index contributed by atoms with van der Waals surface area (Å²) >= 11 is 7.21. The van der Waals surface area contributed by atoms with Crippen molar-refractivity contribution >= 4 is 59.9 Å². The van der Waals surface area contributed by atoms with E-state index in [1.807, 2.05) is 12.1 Å². The second-order valence-electron chi connectivity index (χ2n) is 7.85. The number of H-pyrrole nitrogens is 1. The first-order valence-corrected chi connectivity index (χ1v) is 12.9. The summed E-state index contributed by atoms with van der Waals surface area (Å²) in [6, 6.07) is 9.77. The van der Waals surface area contributed by atoms with E-state index in [0.29, 0.717) is 11.6 Å². The van der Waals surface area contributed by atoms with Crippen molar-refractivity contribution in [2.24, 2.45) is 0 Å². The number of piperazine rings is 1. The number of fused-ring (bicyclic) bond motifs is 2. The van der Waals surface area contributed by atoms with Gasteiger partial charge in [-0.1, -0.05) is 17.7 Å². The lowest BCUT2D eigenvalue weighted by molar-refractivity contribution is -0.141. The first-order valence-electron chi connectivity index (χ1n) is 10.3. The van der Waals surface area contributed by atoms with Crippen LogP contribution in [0.2, 0.25) is 5.02 Å². The molecule has 0 spiro atoms.